The summed E-state index contributed by atoms with van der Waals surface area (Å²) in [5.41, 5.74) is 6.45. The molecular weight excluding hydrogens is 308 g/mol. The van der Waals surface area contributed by atoms with Crippen LogP contribution in [0.25, 0.3) is 0 Å². The van der Waals surface area contributed by atoms with Crippen LogP contribution in [0.5, 0.6) is 0 Å². The first kappa shape index (κ1) is 14.5. The summed E-state index contributed by atoms with van der Waals surface area (Å²) < 4.78 is 2.03. The second-order valence-electron chi connectivity index (χ2n) is 5.39. The van der Waals surface area contributed by atoms with Gasteiger partial charge in [0.2, 0.25) is 0 Å². The average Bonchev–Trinajstić information content (AvgIpc) is 2.82. The van der Waals surface area contributed by atoms with Crippen molar-refractivity contribution < 1.29 is 0 Å². The monoisotopic (exact) mass is 328 g/mol. The Labute approximate surface area is 121 Å². The van der Waals surface area contributed by atoms with Crippen LogP contribution in [0, 0.1) is 5.92 Å². The van der Waals surface area contributed by atoms with Crippen molar-refractivity contribution in [1.29, 1.82) is 0 Å². The molecule has 0 saturated heterocycles. The molecule has 1 fully saturated rings. The first-order valence-electron chi connectivity index (χ1n) is 6.78. The van der Waals surface area contributed by atoms with E-state index in [-0.39, 0.29) is 11.6 Å². The van der Waals surface area contributed by atoms with Gasteiger partial charge in [0.05, 0.1) is 17.9 Å². The van der Waals surface area contributed by atoms with Gasteiger partial charge in [0, 0.05) is 6.04 Å². The summed E-state index contributed by atoms with van der Waals surface area (Å²) in [6, 6.07) is 0.401. The van der Waals surface area contributed by atoms with Gasteiger partial charge >= 0.3 is 0 Å². The third-order valence-corrected chi connectivity index (χ3v) is 4.50. The van der Waals surface area contributed by atoms with E-state index in [0.717, 1.165) is 18.5 Å². The Morgan fingerprint density at radius 1 is 1.58 bits per heavy atom. The molecule has 1 aromatic heterocycles. The largest absolute Gasteiger partial charge is 0.380 e. The maximum absolute atomic E-state index is 12.1. The number of halogens is 1. The van der Waals surface area contributed by atoms with Gasteiger partial charge in [-0.15, -0.1) is 0 Å². The van der Waals surface area contributed by atoms with Crippen LogP contribution in [-0.4, -0.2) is 22.4 Å². The van der Waals surface area contributed by atoms with Crippen molar-refractivity contribution in [2.75, 3.05) is 11.9 Å². The topological polar surface area (TPSA) is 72.9 Å². The molecular formula is C13H21BrN4O. The molecule has 1 aliphatic carbocycles. The smallest absolute Gasteiger partial charge is 0.283 e. The van der Waals surface area contributed by atoms with Crippen LogP contribution in [-0.2, 0) is 0 Å². The van der Waals surface area contributed by atoms with Crippen molar-refractivity contribution in [3.05, 3.63) is 21.0 Å². The van der Waals surface area contributed by atoms with Gasteiger partial charge in [-0.25, -0.2) is 4.68 Å². The summed E-state index contributed by atoms with van der Waals surface area (Å²) in [7, 11) is 0. The number of aromatic nitrogens is 2. The lowest BCUT2D eigenvalue weighted by Gasteiger charge is -2.21. The van der Waals surface area contributed by atoms with Crippen LogP contribution in [0.3, 0.4) is 0 Å². The second kappa shape index (κ2) is 6.05. The predicted molar refractivity (Wildman–Crippen MR) is 80.4 cm³/mol. The normalized spacial score (nSPS) is 23.0. The van der Waals surface area contributed by atoms with Crippen molar-refractivity contribution in [3.8, 4) is 0 Å². The molecule has 6 heteroatoms. The van der Waals surface area contributed by atoms with Crippen LogP contribution in [0.1, 0.15) is 39.2 Å². The summed E-state index contributed by atoms with van der Waals surface area (Å²) >= 11 is 3.38. The molecule has 1 saturated carbocycles. The highest BCUT2D eigenvalue weighted by Crippen LogP contribution is 2.29. The fourth-order valence-electron chi connectivity index (χ4n) is 2.62. The van der Waals surface area contributed by atoms with Gasteiger partial charge in [-0.1, -0.05) is 6.42 Å². The summed E-state index contributed by atoms with van der Waals surface area (Å²) in [5, 5.41) is 7.63. The second-order valence-corrected chi connectivity index (χ2v) is 6.19. The molecule has 2 unspecified atom stereocenters. The third-order valence-electron chi connectivity index (χ3n) is 3.74. The van der Waals surface area contributed by atoms with Gasteiger partial charge in [-0.05, 0) is 55.1 Å². The Balaban J connectivity index is 2.22. The number of rotatable bonds is 4. The van der Waals surface area contributed by atoms with E-state index in [4.69, 9.17) is 5.73 Å². The lowest BCUT2D eigenvalue weighted by atomic mass is 10.0. The number of anilines is 1. The summed E-state index contributed by atoms with van der Waals surface area (Å²) in [6.07, 6.45) is 5.16. The van der Waals surface area contributed by atoms with Crippen molar-refractivity contribution >= 4 is 21.6 Å². The Morgan fingerprint density at radius 3 is 2.95 bits per heavy atom. The van der Waals surface area contributed by atoms with E-state index in [9.17, 15) is 4.79 Å². The van der Waals surface area contributed by atoms with E-state index in [1.54, 1.807) is 6.20 Å². The van der Waals surface area contributed by atoms with Crippen LogP contribution in [0.2, 0.25) is 0 Å². The highest BCUT2D eigenvalue weighted by Gasteiger charge is 2.26. The lowest BCUT2D eigenvalue weighted by molar-refractivity contribution is 0.496. The van der Waals surface area contributed by atoms with Crippen molar-refractivity contribution in [3.63, 3.8) is 0 Å². The highest BCUT2D eigenvalue weighted by molar-refractivity contribution is 9.10. The quantitative estimate of drug-likeness (QED) is 0.888. The van der Waals surface area contributed by atoms with Crippen LogP contribution in [0.15, 0.2) is 15.5 Å². The first-order valence-corrected chi connectivity index (χ1v) is 7.57. The van der Waals surface area contributed by atoms with Gasteiger partial charge in [-0.3, -0.25) is 4.79 Å². The van der Waals surface area contributed by atoms with Gasteiger partial charge in [0.1, 0.15) is 4.47 Å². The molecule has 19 heavy (non-hydrogen) atoms. The summed E-state index contributed by atoms with van der Waals surface area (Å²) in [5.74, 6) is 0.486. The molecule has 2 rings (SSSR count). The van der Waals surface area contributed by atoms with E-state index in [1.807, 2.05) is 13.8 Å². The van der Waals surface area contributed by atoms with E-state index >= 15 is 0 Å². The number of hydrogen-bond donors (Lipinski definition) is 2. The molecule has 0 bridgehead atoms. The van der Waals surface area contributed by atoms with Gasteiger partial charge in [-0.2, -0.15) is 5.10 Å². The van der Waals surface area contributed by atoms with E-state index in [0.29, 0.717) is 23.0 Å². The molecule has 1 heterocycles. The molecule has 0 amide bonds. The zero-order chi connectivity index (χ0) is 14.0. The molecule has 3 N–H and O–H groups in total. The van der Waals surface area contributed by atoms with Crippen LogP contribution >= 0.6 is 15.9 Å². The van der Waals surface area contributed by atoms with Crippen molar-refractivity contribution in [1.82, 2.24) is 9.78 Å². The molecule has 106 valence electrons. The lowest BCUT2D eigenvalue weighted by Crippen LogP contribution is -2.32. The minimum Gasteiger partial charge on any atom is -0.380 e. The highest BCUT2D eigenvalue weighted by atomic mass is 79.9. The van der Waals surface area contributed by atoms with Crippen LogP contribution in [0.4, 0.5) is 5.69 Å². The SMILES string of the molecule is CC(C)n1ncc(NC2CCCC2CN)c(Br)c1=O. The van der Waals surface area contributed by atoms with Gasteiger partial charge in [0.25, 0.3) is 5.56 Å². The summed E-state index contributed by atoms with van der Waals surface area (Å²) in [6.45, 7) is 4.57. The van der Waals surface area contributed by atoms with Gasteiger partial charge in [0.15, 0.2) is 0 Å². The molecule has 2 atom stereocenters. The number of hydrogen-bond acceptors (Lipinski definition) is 4. The molecule has 0 radical (unpaired) electrons. The maximum Gasteiger partial charge on any atom is 0.283 e. The minimum atomic E-state index is -0.0951. The Hall–Kier alpha value is -0.880. The Bertz CT molecular complexity index is 500. The molecule has 1 aliphatic rings. The third kappa shape index (κ3) is 3.00. The molecule has 5 nitrogen and oxygen atoms in total. The van der Waals surface area contributed by atoms with Crippen LogP contribution < -0.4 is 16.6 Å². The zero-order valence-corrected chi connectivity index (χ0v) is 13.0. The van der Waals surface area contributed by atoms with E-state index < -0.39 is 0 Å². The molecule has 0 spiro atoms. The molecule has 1 aromatic rings. The number of nitrogens with two attached hydrogens (primary N) is 1. The summed E-state index contributed by atoms with van der Waals surface area (Å²) in [4.78, 5) is 12.1. The Morgan fingerprint density at radius 2 is 2.32 bits per heavy atom. The first-order chi connectivity index (χ1) is 9.04. The fraction of sp³-hybridized carbons (Fsp3) is 0.692. The average molecular weight is 329 g/mol. The number of nitrogens with one attached hydrogen (secondary N) is 1. The minimum absolute atomic E-state index is 0.0566. The number of nitrogens with zero attached hydrogens (tertiary/aromatic N) is 2. The molecule has 0 aliphatic heterocycles. The zero-order valence-electron chi connectivity index (χ0n) is 11.4. The predicted octanol–water partition coefficient (Wildman–Crippen LogP) is 2.13. The van der Waals surface area contributed by atoms with Gasteiger partial charge < -0.3 is 11.1 Å². The fourth-order valence-corrected chi connectivity index (χ4v) is 3.02. The van der Waals surface area contributed by atoms with E-state index in [2.05, 4.69) is 26.3 Å². The standard InChI is InChI=1S/C13H21BrN4O/c1-8(2)18-13(19)12(14)11(7-16-18)17-10-5-3-4-9(10)6-15/h7-10,17H,3-6,15H2,1-2H3. The maximum atomic E-state index is 12.1. The van der Waals surface area contributed by atoms with Crippen molar-refractivity contribution in [2.24, 2.45) is 11.7 Å². The Kier molecular flexibility index (Phi) is 4.62. The molecule has 0 aromatic carbocycles. The van der Waals surface area contributed by atoms with E-state index in [1.165, 1.54) is 11.1 Å². The van der Waals surface area contributed by atoms with Crippen molar-refractivity contribution in [2.45, 2.75) is 45.2 Å².